The Morgan fingerprint density at radius 1 is 1.23 bits per heavy atom. The second-order valence-corrected chi connectivity index (χ2v) is 4.21. The SMILES string of the molecule is CCNCNCc1ccccc1[SiH3]. The van der Waals surface area contributed by atoms with Crippen LogP contribution in [0.5, 0.6) is 0 Å². The van der Waals surface area contributed by atoms with E-state index in [-0.39, 0.29) is 0 Å². The van der Waals surface area contributed by atoms with E-state index in [4.69, 9.17) is 0 Å². The molecule has 0 aliphatic heterocycles. The van der Waals surface area contributed by atoms with Gasteiger partial charge in [0, 0.05) is 23.5 Å². The second-order valence-electron chi connectivity index (χ2n) is 3.13. The Morgan fingerprint density at radius 2 is 2.00 bits per heavy atom. The molecule has 0 radical (unpaired) electrons. The van der Waals surface area contributed by atoms with Crippen LogP contribution in [0.3, 0.4) is 0 Å². The van der Waals surface area contributed by atoms with E-state index < -0.39 is 0 Å². The quantitative estimate of drug-likeness (QED) is 0.369. The summed E-state index contributed by atoms with van der Waals surface area (Å²) < 4.78 is 0. The van der Waals surface area contributed by atoms with Gasteiger partial charge in [0.2, 0.25) is 0 Å². The van der Waals surface area contributed by atoms with Gasteiger partial charge in [0.25, 0.3) is 0 Å². The zero-order chi connectivity index (χ0) is 9.52. The van der Waals surface area contributed by atoms with Gasteiger partial charge < -0.3 is 10.6 Å². The summed E-state index contributed by atoms with van der Waals surface area (Å²) in [6, 6.07) is 8.61. The van der Waals surface area contributed by atoms with Gasteiger partial charge in [-0.15, -0.1) is 0 Å². The minimum atomic E-state index is 0.895. The first kappa shape index (κ1) is 10.4. The molecule has 0 aliphatic rings. The molecule has 0 spiro atoms. The Kier molecular flexibility index (Phi) is 4.75. The molecule has 13 heavy (non-hydrogen) atoms. The third-order valence-corrected chi connectivity index (χ3v) is 3.05. The summed E-state index contributed by atoms with van der Waals surface area (Å²) in [5.41, 5.74) is 1.44. The highest BCUT2D eigenvalue weighted by Gasteiger charge is 1.94. The highest BCUT2D eigenvalue weighted by Crippen LogP contribution is 1.92. The van der Waals surface area contributed by atoms with Crippen molar-refractivity contribution < 1.29 is 0 Å². The van der Waals surface area contributed by atoms with E-state index >= 15 is 0 Å². The van der Waals surface area contributed by atoms with Crippen LogP contribution in [-0.4, -0.2) is 23.5 Å². The van der Waals surface area contributed by atoms with Crippen molar-refractivity contribution in [2.45, 2.75) is 13.5 Å². The number of hydrogen-bond acceptors (Lipinski definition) is 2. The Bertz CT molecular complexity index is 250. The Hall–Kier alpha value is -0.643. The second kappa shape index (κ2) is 5.91. The third kappa shape index (κ3) is 3.72. The fraction of sp³-hybridized carbons (Fsp3) is 0.400. The van der Waals surface area contributed by atoms with Gasteiger partial charge in [-0.2, -0.15) is 0 Å². The molecule has 2 N–H and O–H groups in total. The molecule has 1 rings (SSSR count). The average Bonchev–Trinajstić information content (AvgIpc) is 2.15. The molecule has 0 unspecified atom stereocenters. The highest BCUT2D eigenvalue weighted by atomic mass is 28.1. The summed E-state index contributed by atoms with van der Waals surface area (Å²) in [4.78, 5) is 0. The van der Waals surface area contributed by atoms with Gasteiger partial charge in [-0.1, -0.05) is 36.4 Å². The van der Waals surface area contributed by atoms with Crippen molar-refractivity contribution in [3.05, 3.63) is 29.8 Å². The van der Waals surface area contributed by atoms with Crippen molar-refractivity contribution in [1.29, 1.82) is 0 Å². The van der Waals surface area contributed by atoms with E-state index in [1.54, 1.807) is 0 Å². The zero-order valence-electron chi connectivity index (χ0n) is 8.43. The average molecular weight is 194 g/mol. The van der Waals surface area contributed by atoms with Crippen LogP contribution in [0.15, 0.2) is 24.3 Å². The van der Waals surface area contributed by atoms with E-state index in [1.165, 1.54) is 10.8 Å². The van der Waals surface area contributed by atoms with Crippen LogP contribution in [0, 0.1) is 0 Å². The summed E-state index contributed by atoms with van der Waals surface area (Å²) in [5, 5.41) is 8.08. The molecule has 0 bridgehead atoms. The molecule has 3 heteroatoms. The van der Waals surface area contributed by atoms with E-state index in [0.717, 1.165) is 30.0 Å². The molecule has 1 aromatic carbocycles. The molecular formula is C10H18N2Si. The van der Waals surface area contributed by atoms with Crippen LogP contribution < -0.4 is 15.8 Å². The number of benzene rings is 1. The van der Waals surface area contributed by atoms with Crippen molar-refractivity contribution in [2.75, 3.05) is 13.2 Å². The van der Waals surface area contributed by atoms with Crippen molar-refractivity contribution in [3.8, 4) is 0 Å². The summed E-state index contributed by atoms with van der Waals surface area (Å²) in [5.74, 6) is 0. The van der Waals surface area contributed by atoms with Crippen LogP contribution in [0.2, 0.25) is 0 Å². The summed E-state index contributed by atoms with van der Waals surface area (Å²) >= 11 is 0. The van der Waals surface area contributed by atoms with Crippen LogP contribution in [-0.2, 0) is 6.54 Å². The first-order chi connectivity index (χ1) is 6.34. The first-order valence-corrected chi connectivity index (χ1v) is 5.80. The van der Waals surface area contributed by atoms with Gasteiger partial charge in [-0.3, -0.25) is 0 Å². The van der Waals surface area contributed by atoms with E-state index in [0.29, 0.717) is 0 Å². The lowest BCUT2D eigenvalue weighted by atomic mass is 10.2. The van der Waals surface area contributed by atoms with Crippen LogP contribution in [0.4, 0.5) is 0 Å². The molecule has 0 fully saturated rings. The molecule has 2 nitrogen and oxygen atoms in total. The lowest BCUT2D eigenvalue weighted by molar-refractivity contribution is 0.599. The van der Waals surface area contributed by atoms with Gasteiger partial charge in [0.1, 0.15) is 0 Å². The smallest absolute Gasteiger partial charge is 0.0456 e. The molecule has 0 atom stereocenters. The Labute approximate surface area is 83.2 Å². The minimum absolute atomic E-state index is 0.895. The van der Waals surface area contributed by atoms with E-state index in [1.807, 2.05) is 0 Å². The van der Waals surface area contributed by atoms with Gasteiger partial charge in [0.05, 0.1) is 0 Å². The largest absolute Gasteiger partial charge is 0.305 e. The fourth-order valence-corrected chi connectivity index (χ4v) is 1.75. The molecule has 0 aliphatic carbocycles. The lowest BCUT2D eigenvalue weighted by Gasteiger charge is -2.07. The normalized spacial score (nSPS) is 10.5. The van der Waals surface area contributed by atoms with Gasteiger partial charge in [-0.25, -0.2) is 0 Å². The maximum atomic E-state index is 3.35. The topological polar surface area (TPSA) is 24.1 Å². The molecule has 72 valence electrons. The van der Waals surface area contributed by atoms with Gasteiger partial charge in [0.15, 0.2) is 0 Å². The molecular weight excluding hydrogens is 176 g/mol. The first-order valence-electron chi connectivity index (χ1n) is 4.80. The van der Waals surface area contributed by atoms with E-state index in [9.17, 15) is 0 Å². The fourth-order valence-electron chi connectivity index (χ4n) is 1.22. The van der Waals surface area contributed by atoms with Crippen molar-refractivity contribution in [1.82, 2.24) is 10.6 Å². The Morgan fingerprint density at radius 3 is 2.69 bits per heavy atom. The molecule has 0 saturated heterocycles. The van der Waals surface area contributed by atoms with E-state index in [2.05, 4.69) is 41.8 Å². The lowest BCUT2D eigenvalue weighted by Crippen LogP contribution is -2.29. The minimum Gasteiger partial charge on any atom is -0.305 e. The summed E-state index contributed by atoms with van der Waals surface area (Å²) in [6.07, 6.45) is 0. The molecule has 0 heterocycles. The number of rotatable bonds is 5. The molecule has 0 amide bonds. The maximum absolute atomic E-state index is 3.35. The predicted octanol–water partition coefficient (Wildman–Crippen LogP) is -0.666. The van der Waals surface area contributed by atoms with Crippen LogP contribution in [0.1, 0.15) is 12.5 Å². The standard InChI is InChI=1S/C10H18N2Si/c1-2-11-8-12-7-9-5-3-4-6-10(9)13/h3-6,11-12H,2,7-8H2,1,13H3. The van der Waals surface area contributed by atoms with Crippen molar-refractivity contribution in [2.24, 2.45) is 0 Å². The van der Waals surface area contributed by atoms with Gasteiger partial charge >= 0.3 is 0 Å². The molecule has 0 aromatic heterocycles. The highest BCUT2D eigenvalue weighted by molar-refractivity contribution is 6.33. The van der Waals surface area contributed by atoms with Gasteiger partial charge in [-0.05, 0) is 12.1 Å². The van der Waals surface area contributed by atoms with Crippen LogP contribution >= 0.6 is 0 Å². The third-order valence-electron chi connectivity index (χ3n) is 2.08. The molecule has 1 aromatic rings. The Balaban J connectivity index is 2.32. The van der Waals surface area contributed by atoms with Crippen molar-refractivity contribution in [3.63, 3.8) is 0 Å². The van der Waals surface area contributed by atoms with Crippen molar-refractivity contribution >= 4 is 15.4 Å². The molecule has 0 saturated carbocycles. The maximum Gasteiger partial charge on any atom is 0.0456 e. The monoisotopic (exact) mass is 194 g/mol. The summed E-state index contributed by atoms with van der Waals surface area (Å²) in [7, 11) is 1.13. The predicted molar refractivity (Wildman–Crippen MR) is 61.4 cm³/mol. The number of nitrogens with one attached hydrogen (secondary N) is 2. The zero-order valence-corrected chi connectivity index (χ0v) is 10.4. The summed E-state index contributed by atoms with van der Waals surface area (Å²) in [6.45, 7) is 5.01. The number of hydrogen-bond donors (Lipinski definition) is 2. The van der Waals surface area contributed by atoms with Crippen LogP contribution in [0.25, 0.3) is 0 Å².